The molecule has 27 heavy (non-hydrogen) atoms. The summed E-state index contributed by atoms with van der Waals surface area (Å²) >= 11 is 0. The van der Waals surface area contributed by atoms with Gasteiger partial charge in [0.25, 0.3) is 0 Å². The van der Waals surface area contributed by atoms with Crippen molar-refractivity contribution in [2.45, 2.75) is 96.8 Å². The highest BCUT2D eigenvalue weighted by atomic mass is 14.4. The van der Waals surface area contributed by atoms with Gasteiger partial charge < -0.3 is 0 Å². The third-order valence-electron chi connectivity index (χ3n) is 7.59. The maximum atomic E-state index is 8.91. The van der Waals surface area contributed by atoms with Crippen LogP contribution in [0.1, 0.15) is 102 Å². The Morgan fingerprint density at radius 1 is 0.778 bits per heavy atom. The summed E-state index contributed by atoms with van der Waals surface area (Å²) in [7, 11) is 0. The van der Waals surface area contributed by atoms with E-state index in [0.717, 1.165) is 29.2 Å². The minimum Gasteiger partial charge on any atom is -0.192 e. The first kappa shape index (κ1) is 20.4. The van der Waals surface area contributed by atoms with Crippen LogP contribution >= 0.6 is 0 Å². The molecule has 0 unspecified atom stereocenters. The molecule has 0 amide bonds. The smallest absolute Gasteiger partial charge is 0.0991 e. The van der Waals surface area contributed by atoms with Crippen LogP contribution in [0.25, 0.3) is 0 Å². The highest BCUT2D eigenvalue weighted by Crippen LogP contribution is 2.43. The summed E-state index contributed by atoms with van der Waals surface area (Å²) in [5, 5.41) is 8.91. The van der Waals surface area contributed by atoms with Crippen molar-refractivity contribution < 1.29 is 0 Å². The molecule has 0 aromatic heterocycles. The highest BCUT2D eigenvalue weighted by Gasteiger charge is 2.30. The quantitative estimate of drug-likeness (QED) is 0.433. The zero-order valence-corrected chi connectivity index (χ0v) is 17.5. The van der Waals surface area contributed by atoms with Gasteiger partial charge in [-0.15, -0.1) is 0 Å². The molecule has 0 aliphatic heterocycles. The molecule has 3 rings (SSSR count). The Labute approximate surface area is 167 Å². The van der Waals surface area contributed by atoms with Gasteiger partial charge in [0, 0.05) is 0 Å². The Bertz CT molecular complexity index is 565. The van der Waals surface area contributed by atoms with E-state index in [9.17, 15) is 0 Å². The lowest BCUT2D eigenvalue weighted by molar-refractivity contribution is 0.140. The molecule has 0 spiro atoms. The Balaban J connectivity index is 1.32. The Hall–Kier alpha value is -1.29. The molecule has 2 aliphatic carbocycles. The van der Waals surface area contributed by atoms with Crippen molar-refractivity contribution in [2.75, 3.05) is 0 Å². The Morgan fingerprint density at radius 3 is 1.85 bits per heavy atom. The highest BCUT2D eigenvalue weighted by molar-refractivity contribution is 5.31. The number of unbranched alkanes of at least 4 members (excludes halogenated alkanes) is 2. The summed E-state index contributed by atoms with van der Waals surface area (Å²) in [5.41, 5.74) is 2.18. The molecule has 0 radical (unpaired) electrons. The second kappa shape index (κ2) is 10.9. The maximum absolute atomic E-state index is 8.91. The van der Waals surface area contributed by atoms with Crippen molar-refractivity contribution in [2.24, 2.45) is 23.7 Å². The number of hydrogen-bond acceptors (Lipinski definition) is 1. The van der Waals surface area contributed by atoms with E-state index in [-0.39, 0.29) is 0 Å². The lowest BCUT2D eigenvalue weighted by Gasteiger charge is -2.38. The topological polar surface area (TPSA) is 23.8 Å². The molecule has 1 aromatic rings. The number of nitriles is 1. The van der Waals surface area contributed by atoms with E-state index in [0.29, 0.717) is 0 Å². The minimum atomic E-state index is 0.777. The fourth-order valence-corrected chi connectivity index (χ4v) is 5.70. The van der Waals surface area contributed by atoms with Crippen LogP contribution in [0, 0.1) is 35.0 Å². The van der Waals surface area contributed by atoms with Crippen LogP contribution in [0.5, 0.6) is 0 Å². The second-order valence-corrected chi connectivity index (χ2v) is 9.40. The molecule has 0 saturated heterocycles. The first-order chi connectivity index (χ1) is 13.3. The van der Waals surface area contributed by atoms with E-state index in [4.69, 9.17) is 5.26 Å². The number of rotatable bonds is 8. The van der Waals surface area contributed by atoms with E-state index in [2.05, 4.69) is 25.1 Å². The maximum Gasteiger partial charge on any atom is 0.0991 e. The van der Waals surface area contributed by atoms with Gasteiger partial charge in [-0.2, -0.15) is 5.26 Å². The predicted octanol–water partition coefficient (Wildman–Crippen LogP) is 7.68. The molecule has 1 nitrogen and oxygen atoms in total. The zero-order chi connectivity index (χ0) is 18.9. The van der Waals surface area contributed by atoms with Crippen LogP contribution in [0.2, 0.25) is 0 Å². The van der Waals surface area contributed by atoms with Gasteiger partial charge in [0.2, 0.25) is 0 Å². The van der Waals surface area contributed by atoms with Crippen LogP contribution in [0.4, 0.5) is 0 Å². The third kappa shape index (κ3) is 6.38. The molecule has 2 saturated carbocycles. The fraction of sp³-hybridized carbons (Fsp3) is 0.731. The number of hydrogen-bond donors (Lipinski definition) is 0. The Kier molecular flexibility index (Phi) is 8.25. The minimum absolute atomic E-state index is 0.777. The van der Waals surface area contributed by atoms with Crippen molar-refractivity contribution >= 4 is 0 Å². The van der Waals surface area contributed by atoms with E-state index in [1.807, 2.05) is 12.1 Å². The number of benzene rings is 1. The Morgan fingerprint density at radius 2 is 1.33 bits per heavy atom. The fourth-order valence-electron chi connectivity index (χ4n) is 5.70. The van der Waals surface area contributed by atoms with Crippen LogP contribution in [-0.2, 0) is 6.42 Å². The van der Waals surface area contributed by atoms with Crippen LogP contribution in [0.15, 0.2) is 24.3 Å². The van der Waals surface area contributed by atoms with Gasteiger partial charge in [-0.3, -0.25) is 0 Å². The monoisotopic (exact) mass is 365 g/mol. The van der Waals surface area contributed by atoms with Gasteiger partial charge in [-0.1, -0.05) is 70.4 Å². The van der Waals surface area contributed by atoms with Crippen molar-refractivity contribution in [3.8, 4) is 6.07 Å². The van der Waals surface area contributed by atoms with Crippen molar-refractivity contribution in [1.29, 1.82) is 5.26 Å². The molecule has 2 fully saturated rings. The summed E-state index contributed by atoms with van der Waals surface area (Å²) in [6.45, 7) is 2.32. The summed E-state index contributed by atoms with van der Waals surface area (Å²) < 4.78 is 0. The van der Waals surface area contributed by atoms with Crippen LogP contribution in [0.3, 0.4) is 0 Å². The van der Waals surface area contributed by atoms with Gasteiger partial charge in [0.05, 0.1) is 11.6 Å². The average Bonchev–Trinajstić information content (AvgIpc) is 2.74. The van der Waals surface area contributed by atoms with E-state index in [1.54, 1.807) is 0 Å². The molecule has 1 aromatic carbocycles. The van der Waals surface area contributed by atoms with Gasteiger partial charge >= 0.3 is 0 Å². The molecular weight excluding hydrogens is 326 g/mol. The van der Waals surface area contributed by atoms with Gasteiger partial charge in [-0.25, -0.2) is 0 Å². The van der Waals surface area contributed by atoms with E-state index >= 15 is 0 Å². The molecule has 1 heteroatoms. The lowest BCUT2D eigenvalue weighted by atomic mass is 9.68. The SMILES string of the molecule is CCCCC[C@H]1CC[C@H](C2CCC(CCc3ccc(C#N)cc3)CC2)CC1. The average molecular weight is 366 g/mol. The molecule has 148 valence electrons. The van der Waals surface area contributed by atoms with E-state index < -0.39 is 0 Å². The summed E-state index contributed by atoms with van der Waals surface area (Å²) in [6.07, 6.45) is 20.3. The summed E-state index contributed by atoms with van der Waals surface area (Å²) in [5.74, 6) is 4.07. The number of aryl methyl sites for hydroxylation is 1. The second-order valence-electron chi connectivity index (χ2n) is 9.40. The van der Waals surface area contributed by atoms with Crippen molar-refractivity contribution in [3.05, 3.63) is 35.4 Å². The van der Waals surface area contributed by atoms with Crippen molar-refractivity contribution in [3.63, 3.8) is 0 Å². The predicted molar refractivity (Wildman–Crippen MR) is 115 cm³/mol. The zero-order valence-electron chi connectivity index (χ0n) is 17.5. The molecule has 0 atom stereocenters. The van der Waals surface area contributed by atoms with Crippen molar-refractivity contribution in [1.82, 2.24) is 0 Å². The normalized spacial score (nSPS) is 28.6. The molecule has 0 bridgehead atoms. The van der Waals surface area contributed by atoms with Gasteiger partial charge in [0.15, 0.2) is 0 Å². The first-order valence-corrected chi connectivity index (χ1v) is 11.8. The number of nitrogens with zero attached hydrogens (tertiary/aromatic N) is 1. The van der Waals surface area contributed by atoms with Crippen LogP contribution in [-0.4, -0.2) is 0 Å². The molecular formula is C26H39N. The first-order valence-electron chi connectivity index (χ1n) is 11.8. The molecule has 0 heterocycles. The van der Waals surface area contributed by atoms with Crippen LogP contribution < -0.4 is 0 Å². The summed E-state index contributed by atoms with van der Waals surface area (Å²) in [6, 6.07) is 10.4. The largest absolute Gasteiger partial charge is 0.192 e. The summed E-state index contributed by atoms with van der Waals surface area (Å²) in [4.78, 5) is 0. The molecule has 2 aliphatic rings. The lowest BCUT2D eigenvalue weighted by Crippen LogP contribution is -2.26. The van der Waals surface area contributed by atoms with E-state index in [1.165, 1.54) is 95.5 Å². The van der Waals surface area contributed by atoms with Gasteiger partial charge in [-0.05, 0) is 79.9 Å². The third-order valence-corrected chi connectivity index (χ3v) is 7.59. The van der Waals surface area contributed by atoms with Gasteiger partial charge in [0.1, 0.15) is 0 Å². The molecule has 0 N–H and O–H groups in total. The standard InChI is InChI=1S/C26H39N/c1-2-3-4-5-21-12-16-25(17-13-21)26-18-14-23(15-19-26)7-6-22-8-10-24(20-27)11-9-22/h8-11,21,23,25-26H,2-7,12-19H2,1H3/t21-,23?,25-,26?.